The average molecular weight is 434 g/mol. The van der Waals surface area contributed by atoms with Gasteiger partial charge in [0.05, 0.1) is 58.4 Å². The van der Waals surface area contributed by atoms with Crippen molar-refractivity contribution in [3.8, 4) is 11.8 Å². The number of azide groups is 1. The van der Waals surface area contributed by atoms with E-state index in [-0.39, 0.29) is 12.6 Å². The minimum atomic E-state index is -0.327. The average Bonchev–Trinajstić information content (AvgIpc) is 2.79. The van der Waals surface area contributed by atoms with Crippen LogP contribution in [0.5, 0.6) is 0 Å². The summed E-state index contributed by atoms with van der Waals surface area (Å²) in [5.74, 6) is 5.57. The topological polar surface area (TPSA) is 112 Å². The highest BCUT2D eigenvalue weighted by atomic mass is 16.6. The van der Waals surface area contributed by atoms with Crippen molar-refractivity contribution in [1.29, 1.82) is 0 Å². The molecular formula is C22H31N3O6. The summed E-state index contributed by atoms with van der Waals surface area (Å²) in [5, 5.41) is 3.36. The van der Waals surface area contributed by atoms with Crippen molar-refractivity contribution >= 4 is 5.97 Å². The minimum Gasteiger partial charge on any atom is -0.462 e. The number of unbranched alkanes of at least 4 members (excludes halogenated alkanes) is 1. The van der Waals surface area contributed by atoms with Gasteiger partial charge in [-0.2, -0.15) is 0 Å². The summed E-state index contributed by atoms with van der Waals surface area (Å²) in [6, 6.07) is 7.06. The van der Waals surface area contributed by atoms with Crippen LogP contribution in [-0.2, 0) is 23.7 Å². The standard InChI is InChI=1S/C22H31N3O6/c1-2-3-11-31-22(26)21-8-4-6-20(19-21)7-5-10-27-13-15-29-17-18-30-16-14-28-12-9-24-25-23/h4,6,8,19H,2-3,9-18H2,1H3. The summed E-state index contributed by atoms with van der Waals surface area (Å²) in [5.41, 5.74) is 9.34. The first-order valence-corrected chi connectivity index (χ1v) is 10.4. The molecule has 170 valence electrons. The van der Waals surface area contributed by atoms with Gasteiger partial charge in [-0.25, -0.2) is 4.79 Å². The smallest absolute Gasteiger partial charge is 0.338 e. The van der Waals surface area contributed by atoms with Crippen LogP contribution in [0.1, 0.15) is 35.7 Å². The molecule has 0 bridgehead atoms. The molecule has 9 heteroatoms. The highest BCUT2D eigenvalue weighted by molar-refractivity contribution is 5.89. The quantitative estimate of drug-likeness (QED) is 0.0930. The van der Waals surface area contributed by atoms with Gasteiger partial charge in [0.25, 0.3) is 0 Å². The third kappa shape index (κ3) is 14.9. The molecule has 0 atom stereocenters. The van der Waals surface area contributed by atoms with Crippen molar-refractivity contribution in [2.24, 2.45) is 5.11 Å². The molecule has 9 nitrogen and oxygen atoms in total. The Hall–Kier alpha value is -2.60. The molecule has 0 saturated carbocycles. The van der Waals surface area contributed by atoms with E-state index in [1.807, 2.05) is 13.0 Å². The van der Waals surface area contributed by atoms with Crippen LogP contribution in [0, 0.1) is 11.8 Å². The van der Waals surface area contributed by atoms with Crippen LogP contribution in [0.3, 0.4) is 0 Å². The van der Waals surface area contributed by atoms with Gasteiger partial charge in [-0.3, -0.25) is 0 Å². The molecule has 31 heavy (non-hydrogen) atoms. The van der Waals surface area contributed by atoms with Crippen molar-refractivity contribution in [1.82, 2.24) is 0 Å². The molecule has 1 aromatic rings. The highest BCUT2D eigenvalue weighted by Gasteiger charge is 2.06. The van der Waals surface area contributed by atoms with Gasteiger partial charge in [0, 0.05) is 17.0 Å². The largest absolute Gasteiger partial charge is 0.462 e. The zero-order valence-corrected chi connectivity index (χ0v) is 18.1. The molecule has 0 spiro atoms. The fourth-order valence-electron chi connectivity index (χ4n) is 2.19. The third-order valence-electron chi connectivity index (χ3n) is 3.75. The Balaban J connectivity index is 2.03. The van der Waals surface area contributed by atoms with Gasteiger partial charge in [-0.15, -0.1) is 0 Å². The highest BCUT2D eigenvalue weighted by Crippen LogP contribution is 2.06. The van der Waals surface area contributed by atoms with Crippen LogP contribution in [-0.4, -0.2) is 72.0 Å². The summed E-state index contributed by atoms with van der Waals surface area (Å²) in [7, 11) is 0. The SMILES string of the molecule is CCCCOC(=O)c1cccc(C#CCOCCOCCOCCOCCN=[N+]=[N-])c1. The van der Waals surface area contributed by atoms with Gasteiger partial charge in [0.15, 0.2) is 0 Å². The van der Waals surface area contributed by atoms with E-state index in [1.54, 1.807) is 18.2 Å². The zero-order valence-electron chi connectivity index (χ0n) is 18.1. The Morgan fingerprint density at radius 2 is 1.68 bits per heavy atom. The monoisotopic (exact) mass is 433 g/mol. The predicted octanol–water partition coefficient (Wildman–Crippen LogP) is 3.37. The van der Waals surface area contributed by atoms with Gasteiger partial charge >= 0.3 is 5.97 Å². The molecule has 0 heterocycles. The maximum Gasteiger partial charge on any atom is 0.338 e. The van der Waals surface area contributed by atoms with Crippen molar-refractivity contribution in [3.05, 3.63) is 45.8 Å². The van der Waals surface area contributed by atoms with Gasteiger partial charge in [-0.05, 0) is 30.2 Å². The summed E-state index contributed by atoms with van der Waals surface area (Å²) in [6.45, 7) is 6.20. The van der Waals surface area contributed by atoms with Crippen molar-refractivity contribution in [2.45, 2.75) is 19.8 Å². The lowest BCUT2D eigenvalue weighted by molar-refractivity contribution is 0.00223. The number of carbonyl (C=O) groups is 1. The normalized spacial score (nSPS) is 10.1. The molecule has 1 aromatic carbocycles. The fourth-order valence-corrected chi connectivity index (χ4v) is 2.19. The van der Waals surface area contributed by atoms with E-state index >= 15 is 0 Å². The number of hydrogen-bond acceptors (Lipinski definition) is 7. The summed E-state index contributed by atoms with van der Waals surface area (Å²) in [6.07, 6.45) is 1.84. The van der Waals surface area contributed by atoms with Gasteiger partial charge < -0.3 is 23.7 Å². The second-order valence-electron chi connectivity index (χ2n) is 6.22. The number of hydrogen-bond donors (Lipinski definition) is 0. The Labute approximate surface area is 183 Å². The van der Waals surface area contributed by atoms with Crippen LogP contribution in [0.2, 0.25) is 0 Å². The second-order valence-corrected chi connectivity index (χ2v) is 6.22. The molecule has 0 aliphatic heterocycles. The number of ether oxygens (including phenoxy) is 5. The molecule has 0 saturated heterocycles. The van der Waals surface area contributed by atoms with Crippen LogP contribution < -0.4 is 0 Å². The first-order chi connectivity index (χ1) is 15.3. The Kier molecular flexibility index (Phi) is 16.5. The van der Waals surface area contributed by atoms with Crippen LogP contribution in [0.4, 0.5) is 0 Å². The molecule has 0 unspecified atom stereocenters. The summed E-state index contributed by atoms with van der Waals surface area (Å²) >= 11 is 0. The van der Waals surface area contributed by atoms with Crippen molar-refractivity contribution in [2.75, 3.05) is 66.0 Å². The number of nitrogens with zero attached hydrogens (tertiary/aromatic N) is 3. The van der Waals surface area contributed by atoms with Crippen LogP contribution in [0.25, 0.3) is 10.4 Å². The van der Waals surface area contributed by atoms with E-state index < -0.39 is 0 Å². The lowest BCUT2D eigenvalue weighted by Gasteiger charge is -2.06. The van der Waals surface area contributed by atoms with Crippen LogP contribution >= 0.6 is 0 Å². The maximum absolute atomic E-state index is 12.0. The van der Waals surface area contributed by atoms with Gasteiger partial charge in [0.2, 0.25) is 0 Å². The van der Waals surface area contributed by atoms with Gasteiger partial charge in [-0.1, -0.05) is 36.4 Å². The lowest BCUT2D eigenvalue weighted by Crippen LogP contribution is -2.12. The number of carbonyl (C=O) groups excluding carboxylic acids is 1. The van der Waals surface area contributed by atoms with Crippen LogP contribution in [0.15, 0.2) is 29.4 Å². The molecule has 0 amide bonds. The predicted molar refractivity (Wildman–Crippen MR) is 116 cm³/mol. The van der Waals surface area contributed by atoms with E-state index in [2.05, 4.69) is 21.9 Å². The van der Waals surface area contributed by atoms with Crippen molar-refractivity contribution in [3.63, 3.8) is 0 Å². The van der Waals surface area contributed by atoms with E-state index in [0.717, 1.165) is 18.4 Å². The zero-order chi connectivity index (χ0) is 22.4. The second kappa shape index (κ2) is 19.4. The minimum absolute atomic E-state index is 0.276. The van der Waals surface area contributed by atoms with Crippen molar-refractivity contribution < 1.29 is 28.5 Å². The lowest BCUT2D eigenvalue weighted by atomic mass is 10.1. The summed E-state index contributed by atoms with van der Waals surface area (Å²) < 4.78 is 26.5. The van der Waals surface area contributed by atoms with E-state index in [0.29, 0.717) is 65.0 Å². The number of esters is 1. The van der Waals surface area contributed by atoms with Gasteiger partial charge in [0.1, 0.15) is 6.61 Å². The molecule has 0 aliphatic carbocycles. The van der Waals surface area contributed by atoms with E-state index in [1.165, 1.54) is 0 Å². The Bertz CT molecular complexity index is 725. The molecule has 0 aromatic heterocycles. The summed E-state index contributed by atoms with van der Waals surface area (Å²) in [4.78, 5) is 14.6. The van der Waals surface area contributed by atoms with E-state index in [4.69, 9.17) is 29.2 Å². The third-order valence-corrected chi connectivity index (χ3v) is 3.75. The molecule has 0 fully saturated rings. The Morgan fingerprint density at radius 1 is 1.00 bits per heavy atom. The maximum atomic E-state index is 12.0. The Morgan fingerprint density at radius 3 is 2.35 bits per heavy atom. The van der Waals surface area contributed by atoms with E-state index in [9.17, 15) is 4.79 Å². The molecule has 0 N–H and O–H groups in total. The fraction of sp³-hybridized carbons (Fsp3) is 0.591. The first-order valence-electron chi connectivity index (χ1n) is 10.4. The molecule has 0 aliphatic rings. The molecular weight excluding hydrogens is 402 g/mol. The molecule has 1 rings (SSSR count). The number of rotatable bonds is 17. The number of benzene rings is 1. The molecule has 0 radical (unpaired) electrons. The first kappa shape index (κ1) is 26.4.